The molecule has 0 aliphatic rings. The summed E-state index contributed by atoms with van der Waals surface area (Å²) < 4.78 is 2.10. The summed E-state index contributed by atoms with van der Waals surface area (Å²) in [4.78, 5) is 0. The summed E-state index contributed by atoms with van der Waals surface area (Å²) in [6.45, 7) is 2.21. The lowest BCUT2D eigenvalue weighted by molar-refractivity contribution is 1.16. The molecule has 0 spiro atoms. The monoisotopic (exact) mass is 193 g/mol. The van der Waals surface area contributed by atoms with Crippen molar-refractivity contribution in [2.24, 2.45) is 0 Å². The Morgan fingerprint density at radius 2 is 1.45 bits per heavy atom. The van der Waals surface area contributed by atoms with Crippen molar-refractivity contribution in [1.82, 2.24) is 3.62 Å². The summed E-state index contributed by atoms with van der Waals surface area (Å²) in [6.07, 6.45) is 11.2. The standard InChI is InChI=1S/C7H20BNS2/c1-7-11(5,6)9(8)10(2,3)4/h7H2,1-6H3. The van der Waals surface area contributed by atoms with Gasteiger partial charge >= 0.3 is 0 Å². The highest BCUT2D eigenvalue weighted by Crippen LogP contribution is 2.56. The van der Waals surface area contributed by atoms with E-state index in [0.717, 1.165) is 0 Å². The van der Waals surface area contributed by atoms with Gasteiger partial charge in [0.25, 0.3) is 0 Å². The van der Waals surface area contributed by atoms with E-state index in [0.29, 0.717) is 0 Å². The van der Waals surface area contributed by atoms with E-state index in [1.54, 1.807) is 0 Å². The maximum atomic E-state index is 6.05. The van der Waals surface area contributed by atoms with Crippen LogP contribution in [0.1, 0.15) is 6.92 Å². The molecule has 68 valence electrons. The average Bonchev–Trinajstić information content (AvgIpc) is 1.84. The van der Waals surface area contributed by atoms with Crippen LogP contribution in [0.25, 0.3) is 0 Å². The first kappa shape index (κ1) is 11.7. The largest absolute Gasteiger partial charge is 0.286 e. The van der Waals surface area contributed by atoms with Crippen LogP contribution in [0.3, 0.4) is 0 Å². The van der Waals surface area contributed by atoms with E-state index >= 15 is 0 Å². The molecular formula is C7H20BNS2. The van der Waals surface area contributed by atoms with E-state index in [-0.39, 0.29) is 0 Å². The Hall–Kier alpha value is 0.725. The summed E-state index contributed by atoms with van der Waals surface area (Å²) >= 11 is 0. The SMILES string of the molecule is [B]N(S(C)(C)C)S(C)(C)CC. The minimum absolute atomic E-state index is 0.708. The molecule has 0 amide bonds. The Labute approximate surface area is 76.3 Å². The molecule has 0 aromatic heterocycles. The second-order valence-electron chi connectivity index (χ2n) is 3.83. The lowest BCUT2D eigenvalue weighted by atomic mass is 10.5. The van der Waals surface area contributed by atoms with E-state index in [2.05, 4.69) is 41.8 Å². The Morgan fingerprint density at radius 3 is 1.55 bits per heavy atom. The zero-order chi connectivity index (χ0) is 9.28. The van der Waals surface area contributed by atoms with Crippen LogP contribution in [0.5, 0.6) is 0 Å². The molecule has 0 heterocycles. The van der Waals surface area contributed by atoms with Crippen LogP contribution < -0.4 is 0 Å². The highest BCUT2D eigenvalue weighted by atomic mass is 32.3. The molecule has 0 aromatic carbocycles. The van der Waals surface area contributed by atoms with Crippen LogP contribution in [-0.2, 0) is 0 Å². The molecule has 1 nitrogen and oxygen atoms in total. The molecule has 0 atom stereocenters. The van der Waals surface area contributed by atoms with E-state index in [4.69, 9.17) is 7.98 Å². The molecule has 0 aliphatic heterocycles. The van der Waals surface area contributed by atoms with Gasteiger partial charge in [0.2, 0.25) is 7.98 Å². The van der Waals surface area contributed by atoms with Gasteiger partial charge in [-0.25, -0.2) is 0 Å². The number of rotatable bonds is 3. The Kier molecular flexibility index (Phi) is 3.87. The summed E-state index contributed by atoms with van der Waals surface area (Å²) in [7, 11) is 4.61. The van der Waals surface area contributed by atoms with Crippen LogP contribution >= 0.6 is 20.4 Å². The van der Waals surface area contributed by atoms with Gasteiger partial charge in [-0.15, -0.1) is 0 Å². The van der Waals surface area contributed by atoms with Gasteiger partial charge < -0.3 is 0 Å². The van der Waals surface area contributed by atoms with Crippen molar-refractivity contribution in [2.45, 2.75) is 6.92 Å². The fourth-order valence-corrected chi connectivity index (χ4v) is 6.15. The van der Waals surface area contributed by atoms with Gasteiger partial charge in [0.05, 0.1) is 0 Å². The van der Waals surface area contributed by atoms with Gasteiger partial charge in [-0.2, -0.15) is 20.4 Å². The zero-order valence-electron chi connectivity index (χ0n) is 8.55. The molecule has 0 N–H and O–H groups in total. The van der Waals surface area contributed by atoms with Gasteiger partial charge in [-0.05, 0) is 37.0 Å². The first-order chi connectivity index (χ1) is 4.72. The van der Waals surface area contributed by atoms with Crippen LogP contribution in [0.2, 0.25) is 0 Å². The number of nitrogens with zero attached hydrogens (tertiary/aromatic N) is 1. The highest BCUT2D eigenvalue weighted by Gasteiger charge is 2.21. The predicted molar refractivity (Wildman–Crippen MR) is 62.9 cm³/mol. The van der Waals surface area contributed by atoms with Crippen LogP contribution in [0.4, 0.5) is 0 Å². The van der Waals surface area contributed by atoms with Crippen LogP contribution in [0, 0.1) is 0 Å². The average molecular weight is 193 g/mol. The molecule has 0 saturated carbocycles. The van der Waals surface area contributed by atoms with E-state index in [1.165, 1.54) is 5.75 Å². The molecule has 0 bridgehead atoms. The molecule has 0 saturated heterocycles. The number of hydrogen-bond donors (Lipinski definition) is 0. The van der Waals surface area contributed by atoms with E-state index in [9.17, 15) is 0 Å². The normalized spacial score (nSPS) is 17.0. The number of hydrogen-bond acceptors (Lipinski definition) is 1. The smallest absolute Gasteiger partial charge is 0.213 e. The fourth-order valence-electron chi connectivity index (χ4n) is 0.733. The van der Waals surface area contributed by atoms with Crippen molar-refractivity contribution in [1.29, 1.82) is 0 Å². The zero-order valence-corrected chi connectivity index (χ0v) is 10.2. The predicted octanol–water partition coefficient (Wildman–Crippen LogP) is 1.98. The maximum absolute atomic E-state index is 6.05. The third kappa shape index (κ3) is 3.30. The quantitative estimate of drug-likeness (QED) is 0.619. The van der Waals surface area contributed by atoms with Crippen molar-refractivity contribution in [3.8, 4) is 0 Å². The second kappa shape index (κ2) is 3.63. The Balaban J connectivity index is 4.35. The lowest BCUT2D eigenvalue weighted by Gasteiger charge is -2.51. The van der Waals surface area contributed by atoms with E-state index in [1.807, 2.05) is 0 Å². The molecule has 11 heavy (non-hydrogen) atoms. The van der Waals surface area contributed by atoms with Gasteiger partial charge in [0.1, 0.15) is 0 Å². The highest BCUT2D eigenvalue weighted by molar-refractivity contribution is 8.44. The molecule has 4 heteroatoms. The topological polar surface area (TPSA) is 3.24 Å². The summed E-state index contributed by atoms with van der Waals surface area (Å²) in [5.41, 5.74) is 0. The summed E-state index contributed by atoms with van der Waals surface area (Å²) in [5.74, 6) is 1.17. The minimum atomic E-state index is -0.724. The molecule has 0 fully saturated rings. The van der Waals surface area contributed by atoms with Crippen molar-refractivity contribution in [3.63, 3.8) is 0 Å². The van der Waals surface area contributed by atoms with Gasteiger partial charge in [0.15, 0.2) is 0 Å². The molecule has 0 aliphatic carbocycles. The van der Waals surface area contributed by atoms with Crippen LogP contribution in [0.15, 0.2) is 0 Å². The van der Waals surface area contributed by atoms with Gasteiger partial charge in [-0.3, -0.25) is 3.62 Å². The minimum Gasteiger partial charge on any atom is -0.286 e. The Bertz CT molecular complexity index is 131. The summed E-state index contributed by atoms with van der Waals surface area (Å²) in [5, 5.41) is 0. The Morgan fingerprint density at radius 1 is 1.09 bits per heavy atom. The van der Waals surface area contributed by atoms with E-state index < -0.39 is 20.4 Å². The molecular weight excluding hydrogens is 173 g/mol. The lowest BCUT2D eigenvalue weighted by Crippen LogP contribution is -2.27. The van der Waals surface area contributed by atoms with Crippen LogP contribution in [-0.4, -0.2) is 48.6 Å². The molecule has 0 rings (SSSR count). The van der Waals surface area contributed by atoms with Gasteiger partial charge in [-0.1, -0.05) is 6.92 Å². The second-order valence-corrected chi connectivity index (χ2v) is 11.9. The van der Waals surface area contributed by atoms with Crippen molar-refractivity contribution >= 4 is 28.4 Å². The fraction of sp³-hybridized carbons (Fsp3) is 1.00. The first-order valence-electron chi connectivity index (χ1n) is 3.66. The third-order valence-electron chi connectivity index (χ3n) is 1.73. The van der Waals surface area contributed by atoms with Crippen molar-refractivity contribution in [2.75, 3.05) is 37.0 Å². The molecule has 0 unspecified atom stereocenters. The molecule has 2 radical (unpaired) electrons. The maximum Gasteiger partial charge on any atom is 0.213 e. The van der Waals surface area contributed by atoms with Crippen molar-refractivity contribution in [3.05, 3.63) is 0 Å². The third-order valence-corrected chi connectivity index (χ3v) is 7.75. The summed E-state index contributed by atoms with van der Waals surface area (Å²) in [6, 6.07) is 0. The first-order valence-corrected chi connectivity index (χ1v) is 9.05. The van der Waals surface area contributed by atoms with Gasteiger partial charge in [0, 0.05) is 0 Å². The molecule has 0 aromatic rings. The van der Waals surface area contributed by atoms with Crippen molar-refractivity contribution < 1.29 is 0 Å².